The summed E-state index contributed by atoms with van der Waals surface area (Å²) in [7, 11) is 0. The molecule has 1 amide bonds. The monoisotopic (exact) mass is 261 g/mol. The van der Waals surface area contributed by atoms with E-state index in [2.05, 4.69) is 20.5 Å². The highest BCUT2D eigenvalue weighted by molar-refractivity contribution is 7.17. The third-order valence-electron chi connectivity index (χ3n) is 2.07. The number of amides is 1. The first-order chi connectivity index (χ1) is 8.66. The Morgan fingerprint density at radius 3 is 3.00 bits per heavy atom. The Morgan fingerprint density at radius 1 is 1.56 bits per heavy atom. The lowest BCUT2D eigenvalue weighted by Gasteiger charge is -1.96. The number of nitrogens with two attached hydrogens (primary N) is 1. The third kappa shape index (κ3) is 2.89. The number of pyridine rings is 1. The van der Waals surface area contributed by atoms with E-state index in [0.29, 0.717) is 21.4 Å². The summed E-state index contributed by atoms with van der Waals surface area (Å²) in [5.74, 6) is -0.325. The number of hydrogen-bond acceptors (Lipinski definition) is 6. The van der Waals surface area contributed by atoms with Crippen molar-refractivity contribution < 1.29 is 4.79 Å². The van der Waals surface area contributed by atoms with Gasteiger partial charge in [0, 0.05) is 6.20 Å². The highest BCUT2D eigenvalue weighted by Gasteiger charge is 2.12. The van der Waals surface area contributed by atoms with E-state index in [1.807, 2.05) is 6.07 Å². The normalized spacial score (nSPS) is 10.7. The first-order valence-electron chi connectivity index (χ1n) is 5.14. The predicted molar refractivity (Wildman–Crippen MR) is 70.6 cm³/mol. The van der Waals surface area contributed by atoms with E-state index < -0.39 is 0 Å². The van der Waals surface area contributed by atoms with Gasteiger partial charge in [0.2, 0.25) is 0 Å². The Kier molecular flexibility index (Phi) is 3.63. The van der Waals surface area contributed by atoms with E-state index in [1.54, 1.807) is 25.3 Å². The Morgan fingerprint density at radius 2 is 2.39 bits per heavy atom. The molecule has 0 aliphatic rings. The van der Waals surface area contributed by atoms with Crippen molar-refractivity contribution in [3.63, 3.8) is 0 Å². The molecule has 0 saturated heterocycles. The minimum absolute atomic E-state index is 0.325. The molecule has 0 unspecified atom stereocenters. The van der Waals surface area contributed by atoms with Crippen LogP contribution in [0.5, 0.6) is 0 Å². The van der Waals surface area contributed by atoms with Crippen molar-refractivity contribution in [1.29, 1.82) is 0 Å². The number of anilines is 1. The third-order valence-corrected chi connectivity index (χ3v) is 3.06. The molecule has 7 heteroatoms. The summed E-state index contributed by atoms with van der Waals surface area (Å²) in [6.07, 6.45) is 3.12. The smallest absolute Gasteiger partial charge is 0.283 e. The van der Waals surface area contributed by atoms with Crippen LogP contribution in [0.3, 0.4) is 0 Å². The zero-order chi connectivity index (χ0) is 13.0. The van der Waals surface area contributed by atoms with Gasteiger partial charge in [0.05, 0.1) is 17.6 Å². The molecule has 18 heavy (non-hydrogen) atoms. The van der Waals surface area contributed by atoms with Crippen LogP contribution in [0.25, 0.3) is 0 Å². The molecule has 0 saturated carbocycles. The second-order valence-corrected chi connectivity index (χ2v) is 4.45. The maximum atomic E-state index is 11.7. The average molecular weight is 261 g/mol. The summed E-state index contributed by atoms with van der Waals surface area (Å²) in [6.45, 7) is 1.73. The number of nitrogens with zero attached hydrogens (tertiary/aromatic N) is 3. The van der Waals surface area contributed by atoms with Crippen LogP contribution < -0.4 is 11.2 Å². The number of nitrogen functional groups attached to an aromatic ring is 1. The number of aryl methyl sites for hydroxylation is 1. The number of carbonyl (C=O) groups excluding carboxylic acids is 1. The number of rotatable bonds is 3. The highest BCUT2D eigenvalue weighted by atomic mass is 32.1. The van der Waals surface area contributed by atoms with Crippen LogP contribution in [0, 0.1) is 6.92 Å². The summed E-state index contributed by atoms with van der Waals surface area (Å²) in [4.78, 5) is 20.2. The fourth-order valence-electron chi connectivity index (χ4n) is 1.29. The van der Waals surface area contributed by atoms with E-state index in [0.717, 1.165) is 11.3 Å². The summed E-state index contributed by atoms with van der Waals surface area (Å²) < 4.78 is 0. The lowest BCUT2D eigenvalue weighted by Crippen LogP contribution is -2.17. The van der Waals surface area contributed by atoms with E-state index in [4.69, 9.17) is 5.73 Å². The summed E-state index contributed by atoms with van der Waals surface area (Å²) in [5.41, 5.74) is 9.19. The second kappa shape index (κ2) is 5.37. The molecule has 6 nitrogen and oxygen atoms in total. The van der Waals surface area contributed by atoms with Gasteiger partial charge in [-0.2, -0.15) is 5.10 Å². The average Bonchev–Trinajstić information content (AvgIpc) is 2.70. The molecule has 0 aromatic carbocycles. The quantitative estimate of drug-likeness (QED) is 0.641. The minimum atomic E-state index is -0.325. The topological polar surface area (TPSA) is 93.3 Å². The molecule has 3 N–H and O–H groups in total. The molecule has 2 heterocycles. The number of hydrogen-bond donors (Lipinski definition) is 2. The summed E-state index contributed by atoms with van der Waals surface area (Å²) >= 11 is 1.13. The number of aromatic nitrogens is 2. The van der Waals surface area contributed by atoms with Crippen molar-refractivity contribution in [2.24, 2.45) is 5.10 Å². The molecule has 0 fully saturated rings. The van der Waals surface area contributed by atoms with Gasteiger partial charge in [-0.15, -0.1) is 0 Å². The van der Waals surface area contributed by atoms with Crippen LogP contribution >= 0.6 is 11.3 Å². The zero-order valence-corrected chi connectivity index (χ0v) is 10.4. The molecule has 0 radical (unpaired) electrons. The van der Waals surface area contributed by atoms with Gasteiger partial charge in [-0.1, -0.05) is 17.4 Å². The number of thiazole rings is 1. The molecule has 0 atom stereocenters. The van der Waals surface area contributed by atoms with Crippen LogP contribution in [-0.2, 0) is 0 Å². The Labute approximate surface area is 108 Å². The predicted octanol–water partition coefficient (Wildman–Crippen LogP) is 1.19. The van der Waals surface area contributed by atoms with Crippen molar-refractivity contribution in [3.8, 4) is 0 Å². The van der Waals surface area contributed by atoms with Crippen LogP contribution in [0.1, 0.15) is 21.1 Å². The molecule has 0 aliphatic carbocycles. The summed E-state index contributed by atoms with van der Waals surface area (Å²) in [5, 5.41) is 4.19. The van der Waals surface area contributed by atoms with E-state index in [-0.39, 0.29) is 5.91 Å². The Hall–Kier alpha value is -2.28. The van der Waals surface area contributed by atoms with E-state index in [1.165, 1.54) is 6.21 Å². The van der Waals surface area contributed by atoms with Crippen molar-refractivity contribution in [2.75, 3.05) is 5.73 Å². The first-order valence-corrected chi connectivity index (χ1v) is 5.96. The van der Waals surface area contributed by atoms with Gasteiger partial charge < -0.3 is 5.73 Å². The number of nitrogens with one attached hydrogen (secondary N) is 1. The van der Waals surface area contributed by atoms with Gasteiger partial charge in [-0.05, 0) is 19.1 Å². The fraction of sp³-hybridized carbons (Fsp3) is 0.0909. The summed E-state index contributed by atoms with van der Waals surface area (Å²) in [6, 6.07) is 5.43. The van der Waals surface area contributed by atoms with Crippen LogP contribution in [-0.4, -0.2) is 22.1 Å². The van der Waals surface area contributed by atoms with Gasteiger partial charge in [0.1, 0.15) is 4.88 Å². The molecular formula is C11H11N5OS. The SMILES string of the molecule is Cc1nc(N)sc1C(=O)N/N=C/c1ccccn1. The van der Waals surface area contributed by atoms with E-state index in [9.17, 15) is 4.79 Å². The molecule has 2 aromatic heterocycles. The maximum Gasteiger partial charge on any atom is 0.283 e. The van der Waals surface area contributed by atoms with Gasteiger partial charge >= 0.3 is 0 Å². The number of hydrazone groups is 1. The van der Waals surface area contributed by atoms with Gasteiger partial charge in [-0.3, -0.25) is 9.78 Å². The molecule has 2 rings (SSSR count). The largest absolute Gasteiger partial charge is 0.375 e. The van der Waals surface area contributed by atoms with Gasteiger partial charge in [0.25, 0.3) is 5.91 Å². The molecule has 92 valence electrons. The van der Waals surface area contributed by atoms with E-state index >= 15 is 0 Å². The van der Waals surface area contributed by atoms with Crippen molar-refractivity contribution in [1.82, 2.24) is 15.4 Å². The minimum Gasteiger partial charge on any atom is -0.375 e. The first kappa shape index (κ1) is 12.2. The lowest BCUT2D eigenvalue weighted by atomic mass is 10.4. The Bertz CT molecular complexity index is 578. The fourth-order valence-corrected chi connectivity index (χ4v) is 2.01. The molecule has 0 spiro atoms. The van der Waals surface area contributed by atoms with Crippen LogP contribution in [0.2, 0.25) is 0 Å². The van der Waals surface area contributed by atoms with Crippen LogP contribution in [0.4, 0.5) is 5.13 Å². The Balaban J connectivity index is 2.01. The second-order valence-electron chi connectivity index (χ2n) is 3.42. The molecule has 2 aromatic rings. The molecule has 0 aliphatic heterocycles. The van der Waals surface area contributed by atoms with Crippen molar-refractivity contribution >= 4 is 28.6 Å². The standard InChI is InChI=1S/C11H11N5OS/c1-7-9(18-11(12)15-7)10(17)16-14-6-8-4-2-3-5-13-8/h2-6H,1H3,(H2,12,15)(H,16,17)/b14-6+. The molecule has 0 bridgehead atoms. The number of carbonyl (C=O) groups is 1. The highest BCUT2D eigenvalue weighted by Crippen LogP contribution is 2.19. The van der Waals surface area contributed by atoms with Crippen molar-refractivity contribution in [3.05, 3.63) is 40.7 Å². The molecular weight excluding hydrogens is 250 g/mol. The van der Waals surface area contributed by atoms with Crippen LogP contribution in [0.15, 0.2) is 29.5 Å². The van der Waals surface area contributed by atoms with Crippen molar-refractivity contribution in [2.45, 2.75) is 6.92 Å². The van der Waals surface area contributed by atoms with Gasteiger partial charge in [-0.25, -0.2) is 10.4 Å². The lowest BCUT2D eigenvalue weighted by molar-refractivity contribution is 0.0958. The zero-order valence-electron chi connectivity index (χ0n) is 9.62. The van der Waals surface area contributed by atoms with Gasteiger partial charge in [0.15, 0.2) is 5.13 Å². The maximum absolute atomic E-state index is 11.7.